The maximum Gasteiger partial charge on any atom is 0.296 e. The van der Waals surface area contributed by atoms with Gasteiger partial charge in [-0.25, -0.2) is 0 Å². The fraction of sp³-hybridized carbons (Fsp3) is 0.400. The number of benzene rings is 1. The third-order valence-electron chi connectivity index (χ3n) is 2.28. The molecule has 0 saturated heterocycles. The number of nitrogens with one attached hydrogen (secondary N) is 1. The molecule has 1 aromatic rings. The summed E-state index contributed by atoms with van der Waals surface area (Å²) in [5.74, 6) is 0.542. The van der Waals surface area contributed by atoms with Crippen molar-refractivity contribution in [1.82, 2.24) is 0 Å². The highest BCUT2D eigenvalue weighted by Gasteiger charge is 2.30. The minimum atomic E-state index is -0.409. The Labute approximate surface area is 87.2 Å². The Hall–Kier alpha value is -1.78. The average Bonchev–Trinajstić information content (AvgIpc) is 2.14. The SMILES string of the molecule is CC1(C)CNc2c(cccc2[N+](=O)[O-])O1. The van der Waals surface area contributed by atoms with Gasteiger partial charge >= 0.3 is 0 Å². The van der Waals surface area contributed by atoms with Crippen LogP contribution < -0.4 is 10.1 Å². The van der Waals surface area contributed by atoms with E-state index in [0.717, 1.165) is 0 Å². The fourth-order valence-electron chi connectivity index (χ4n) is 1.57. The summed E-state index contributed by atoms with van der Waals surface area (Å²) < 4.78 is 5.64. The number of hydrogen-bond donors (Lipinski definition) is 1. The summed E-state index contributed by atoms with van der Waals surface area (Å²) in [5.41, 5.74) is 0.201. The molecule has 5 nitrogen and oxygen atoms in total. The lowest BCUT2D eigenvalue weighted by atomic mass is 10.1. The van der Waals surface area contributed by atoms with Crippen LogP contribution in [0.4, 0.5) is 11.4 Å². The van der Waals surface area contributed by atoms with Crippen molar-refractivity contribution >= 4 is 11.4 Å². The van der Waals surface area contributed by atoms with E-state index in [1.54, 1.807) is 12.1 Å². The van der Waals surface area contributed by atoms with E-state index >= 15 is 0 Å². The molecule has 0 saturated carbocycles. The molecular formula is C10H12N2O3. The van der Waals surface area contributed by atoms with Crippen LogP contribution in [0.3, 0.4) is 0 Å². The molecule has 0 atom stereocenters. The van der Waals surface area contributed by atoms with E-state index in [2.05, 4.69) is 5.32 Å². The van der Waals surface area contributed by atoms with E-state index in [4.69, 9.17) is 4.74 Å². The van der Waals surface area contributed by atoms with Gasteiger partial charge in [0.25, 0.3) is 5.69 Å². The van der Waals surface area contributed by atoms with Gasteiger partial charge in [-0.2, -0.15) is 0 Å². The van der Waals surface area contributed by atoms with Crippen molar-refractivity contribution < 1.29 is 9.66 Å². The van der Waals surface area contributed by atoms with Gasteiger partial charge in [0.15, 0.2) is 5.69 Å². The van der Waals surface area contributed by atoms with Gasteiger partial charge in [-0.1, -0.05) is 6.07 Å². The molecule has 0 aliphatic carbocycles. The van der Waals surface area contributed by atoms with Gasteiger partial charge in [0.2, 0.25) is 0 Å². The maximum atomic E-state index is 10.7. The van der Waals surface area contributed by atoms with E-state index in [0.29, 0.717) is 18.0 Å². The van der Waals surface area contributed by atoms with Gasteiger partial charge in [0, 0.05) is 6.07 Å². The summed E-state index contributed by atoms with van der Waals surface area (Å²) in [6, 6.07) is 4.82. The predicted molar refractivity (Wildman–Crippen MR) is 56.3 cm³/mol. The molecular weight excluding hydrogens is 196 g/mol. The van der Waals surface area contributed by atoms with Crippen molar-refractivity contribution in [3.63, 3.8) is 0 Å². The lowest BCUT2D eigenvalue weighted by molar-refractivity contribution is -0.384. The number of nitro benzene ring substituents is 1. The first-order valence-electron chi connectivity index (χ1n) is 4.70. The number of hydrogen-bond acceptors (Lipinski definition) is 4. The molecule has 1 heterocycles. The molecule has 0 fully saturated rings. The standard InChI is InChI=1S/C10H12N2O3/c1-10(2)6-11-9-7(12(13)14)4-3-5-8(9)15-10/h3-5,11H,6H2,1-2H3. The summed E-state index contributed by atoms with van der Waals surface area (Å²) in [4.78, 5) is 10.3. The van der Waals surface area contributed by atoms with Gasteiger partial charge < -0.3 is 10.1 Å². The van der Waals surface area contributed by atoms with Crippen molar-refractivity contribution in [2.45, 2.75) is 19.4 Å². The van der Waals surface area contributed by atoms with Crippen LogP contribution in [0.25, 0.3) is 0 Å². The van der Waals surface area contributed by atoms with Gasteiger partial charge in [-0.3, -0.25) is 10.1 Å². The van der Waals surface area contributed by atoms with Crippen LogP contribution in [-0.2, 0) is 0 Å². The van der Waals surface area contributed by atoms with Crippen molar-refractivity contribution in [2.24, 2.45) is 0 Å². The Bertz CT molecular complexity index is 415. The van der Waals surface area contributed by atoms with Crippen LogP contribution in [-0.4, -0.2) is 17.1 Å². The van der Waals surface area contributed by atoms with E-state index < -0.39 is 4.92 Å². The highest BCUT2D eigenvalue weighted by molar-refractivity contribution is 5.71. The number of nitrogens with zero attached hydrogens (tertiary/aromatic N) is 1. The second-order valence-electron chi connectivity index (χ2n) is 4.12. The largest absolute Gasteiger partial charge is 0.484 e. The number of ether oxygens (including phenoxy) is 1. The molecule has 0 spiro atoms. The minimum Gasteiger partial charge on any atom is -0.484 e. The molecule has 0 aromatic heterocycles. The molecule has 0 radical (unpaired) electrons. The quantitative estimate of drug-likeness (QED) is 0.567. The highest BCUT2D eigenvalue weighted by atomic mass is 16.6. The second kappa shape index (κ2) is 3.12. The number of rotatable bonds is 1. The Balaban J connectivity index is 2.47. The molecule has 1 aliphatic heterocycles. The smallest absolute Gasteiger partial charge is 0.296 e. The number of para-hydroxylation sites is 1. The number of fused-ring (bicyclic) bond motifs is 1. The van der Waals surface area contributed by atoms with Gasteiger partial charge in [0.1, 0.15) is 11.4 Å². The Kier molecular flexibility index (Phi) is 2.03. The third kappa shape index (κ3) is 1.72. The minimum absolute atomic E-state index is 0.0583. The molecule has 1 N–H and O–H groups in total. The fourth-order valence-corrected chi connectivity index (χ4v) is 1.57. The first kappa shape index (κ1) is 9.76. The molecule has 1 aromatic carbocycles. The van der Waals surface area contributed by atoms with Crippen LogP contribution in [0.15, 0.2) is 18.2 Å². The van der Waals surface area contributed by atoms with Crippen molar-refractivity contribution in [3.05, 3.63) is 28.3 Å². The van der Waals surface area contributed by atoms with Gasteiger partial charge in [-0.05, 0) is 19.9 Å². The molecule has 5 heteroatoms. The van der Waals surface area contributed by atoms with Crippen LogP contribution >= 0.6 is 0 Å². The van der Waals surface area contributed by atoms with Crippen molar-refractivity contribution in [2.75, 3.05) is 11.9 Å². The highest BCUT2D eigenvalue weighted by Crippen LogP contribution is 2.39. The zero-order chi connectivity index (χ0) is 11.1. The average molecular weight is 208 g/mol. The summed E-state index contributed by atoms with van der Waals surface area (Å²) in [6.07, 6.45) is 0. The van der Waals surface area contributed by atoms with Gasteiger partial charge in [0.05, 0.1) is 11.5 Å². The summed E-state index contributed by atoms with van der Waals surface area (Å²) >= 11 is 0. The summed E-state index contributed by atoms with van der Waals surface area (Å²) in [5, 5.41) is 13.8. The molecule has 0 unspecified atom stereocenters. The van der Waals surface area contributed by atoms with E-state index in [9.17, 15) is 10.1 Å². The summed E-state index contributed by atoms with van der Waals surface area (Å²) in [7, 11) is 0. The molecule has 2 rings (SSSR count). The maximum absolute atomic E-state index is 10.7. The second-order valence-corrected chi connectivity index (χ2v) is 4.12. The predicted octanol–water partition coefficient (Wildman–Crippen LogP) is 2.18. The van der Waals surface area contributed by atoms with Crippen LogP contribution in [0.1, 0.15) is 13.8 Å². The number of anilines is 1. The van der Waals surface area contributed by atoms with Crippen LogP contribution in [0.5, 0.6) is 5.75 Å². The molecule has 0 bridgehead atoms. The molecule has 80 valence electrons. The lowest BCUT2D eigenvalue weighted by Gasteiger charge is -2.32. The Morgan fingerprint density at radius 1 is 1.53 bits per heavy atom. The van der Waals surface area contributed by atoms with E-state index in [-0.39, 0.29) is 11.3 Å². The third-order valence-corrected chi connectivity index (χ3v) is 2.28. The monoisotopic (exact) mass is 208 g/mol. The first-order chi connectivity index (χ1) is 6.99. The zero-order valence-electron chi connectivity index (χ0n) is 8.61. The van der Waals surface area contributed by atoms with Crippen LogP contribution in [0, 0.1) is 10.1 Å². The number of nitro groups is 1. The van der Waals surface area contributed by atoms with Crippen molar-refractivity contribution in [3.8, 4) is 5.75 Å². The van der Waals surface area contributed by atoms with E-state index in [1.807, 2.05) is 13.8 Å². The van der Waals surface area contributed by atoms with Crippen LogP contribution in [0.2, 0.25) is 0 Å². The Morgan fingerprint density at radius 2 is 2.27 bits per heavy atom. The summed E-state index contributed by atoms with van der Waals surface area (Å²) in [6.45, 7) is 4.42. The van der Waals surface area contributed by atoms with Gasteiger partial charge in [-0.15, -0.1) is 0 Å². The molecule has 0 amide bonds. The first-order valence-corrected chi connectivity index (χ1v) is 4.70. The molecule has 1 aliphatic rings. The van der Waals surface area contributed by atoms with E-state index in [1.165, 1.54) is 6.07 Å². The van der Waals surface area contributed by atoms with Crippen molar-refractivity contribution in [1.29, 1.82) is 0 Å². The molecule has 15 heavy (non-hydrogen) atoms. The Morgan fingerprint density at radius 3 is 2.93 bits per heavy atom. The normalized spacial score (nSPS) is 17.2. The lowest BCUT2D eigenvalue weighted by Crippen LogP contribution is -2.40. The zero-order valence-corrected chi connectivity index (χ0v) is 8.61. The topological polar surface area (TPSA) is 64.4 Å².